The van der Waals surface area contributed by atoms with Gasteiger partial charge in [0.15, 0.2) is 0 Å². The van der Waals surface area contributed by atoms with E-state index >= 15 is 0 Å². The topological polar surface area (TPSA) is 78.0 Å². The summed E-state index contributed by atoms with van der Waals surface area (Å²) < 4.78 is 1.13. The lowest BCUT2D eigenvalue weighted by Crippen LogP contribution is -2.47. The van der Waals surface area contributed by atoms with Crippen LogP contribution < -0.4 is 0 Å². The third-order valence-electron chi connectivity index (χ3n) is 5.62. The number of nitrogens with one attached hydrogen (secondary N) is 1. The molecule has 0 bridgehead atoms. The molecule has 4 aromatic rings. The van der Waals surface area contributed by atoms with Gasteiger partial charge in [0.1, 0.15) is 16.5 Å². The molecule has 7 nitrogen and oxygen atoms in total. The van der Waals surface area contributed by atoms with Gasteiger partial charge in [-0.3, -0.25) is 4.79 Å². The van der Waals surface area contributed by atoms with Crippen molar-refractivity contribution in [3.63, 3.8) is 0 Å². The smallest absolute Gasteiger partial charge is 0.223 e. The number of amides is 1. The van der Waals surface area contributed by atoms with Crippen LogP contribution in [0.1, 0.15) is 17.9 Å². The summed E-state index contributed by atoms with van der Waals surface area (Å²) in [6, 6.07) is 6.22. The van der Waals surface area contributed by atoms with Gasteiger partial charge in [-0.15, -0.1) is 22.7 Å². The number of H-pyrrole nitrogens is 1. The third-order valence-corrected chi connectivity index (χ3v) is 7.39. The molecule has 4 heterocycles. The van der Waals surface area contributed by atoms with E-state index in [0.29, 0.717) is 12.8 Å². The normalized spacial score (nSPS) is 15.1. The second kappa shape index (κ2) is 8.49. The minimum absolute atomic E-state index is 0.198. The van der Waals surface area contributed by atoms with Gasteiger partial charge >= 0.3 is 0 Å². The van der Waals surface area contributed by atoms with Gasteiger partial charge < -0.3 is 14.8 Å². The Morgan fingerprint density at radius 2 is 2.00 bits per heavy atom. The van der Waals surface area contributed by atoms with Crippen LogP contribution in [0.4, 0.5) is 0 Å². The van der Waals surface area contributed by atoms with E-state index in [0.717, 1.165) is 69.9 Å². The molecule has 3 aromatic heterocycles. The summed E-state index contributed by atoms with van der Waals surface area (Å²) >= 11 is 3.23. The molecular formula is C22H24N6OS2. The van der Waals surface area contributed by atoms with Crippen molar-refractivity contribution < 1.29 is 4.79 Å². The summed E-state index contributed by atoms with van der Waals surface area (Å²) in [5.74, 6) is 1.02. The maximum atomic E-state index is 12.7. The van der Waals surface area contributed by atoms with E-state index in [4.69, 9.17) is 4.98 Å². The predicted molar refractivity (Wildman–Crippen MR) is 125 cm³/mol. The number of hydrogen-bond acceptors (Lipinski definition) is 7. The van der Waals surface area contributed by atoms with E-state index in [1.807, 2.05) is 28.8 Å². The highest BCUT2D eigenvalue weighted by Gasteiger charge is 2.21. The monoisotopic (exact) mass is 452 g/mol. The number of hydrogen-bond donors (Lipinski definition) is 1. The predicted octanol–water partition coefficient (Wildman–Crippen LogP) is 3.82. The number of thiazole rings is 2. The van der Waals surface area contributed by atoms with Gasteiger partial charge in [-0.25, -0.2) is 15.0 Å². The fraction of sp³-hybridized carbons (Fsp3) is 0.364. The molecule has 0 spiro atoms. The Balaban J connectivity index is 1.41. The molecule has 1 amide bonds. The van der Waals surface area contributed by atoms with Gasteiger partial charge in [0.25, 0.3) is 0 Å². The van der Waals surface area contributed by atoms with Crippen LogP contribution in [0.5, 0.6) is 0 Å². The lowest BCUT2D eigenvalue weighted by Gasteiger charge is -2.32. The van der Waals surface area contributed by atoms with Crippen LogP contribution in [0.2, 0.25) is 0 Å². The van der Waals surface area contributed by atoms with Crippen molar-refractivity contribution in [2.24, 2.45) is 0 Å². The van der Waals surface area contributed by atoms with E-state index in [-0.39, 0.29) is 5.91 Å². The number of carbonyl (C=O) groups excluding carboxylic acids is 1. The van der Waals surface area contributed by atoms with Crippen LogP contribution in [0, 0.1) is 6.92 Å². The highest BCUT2D eigenvalue weighted by Crippen LogP contribution is 2.34. The number of aromatic amines is 1. The van der Waals surface area contributed by atoms with Gasteiger partial charge in [0.05, 0.1) is 21.4 Å². The molecule has 1 saturated heterocycles. The first kappa shape index (κ1) is 20.3. The van der Waals surface area contributed by atoms with Crippen LogP contribution in [0.15, 0.2) is 29.1 Å². The molecule has 0 saturated carbocycles. The van der Waals surface area contributed by atoms with E-state index in [1.54, 1.807) is 22.7 Å². The maximum absolute atomic E-state index is 12.7. The zero-order valence-electron chi connectivity index (χ0n) is 17.6. The highest BCUT2D eigenvalue weighted by atomic mass is 32.1. The number of aromatic nitrogens is 4. The lowest BCUT2D eigenvalue weighted by atomic mass is 10.1. The number of aryl methyl sites for hydroxylation is 2. The molecule has 31 heavy (non-hydrogen) atoms. The zero-order valence-corrected chi connectivity index (χ0v) is 19.2. The largest absolute Gasteiger partial charge is 0.340 e. The molecule has 1 fully saturated rings. The molecule has 0 atom stereocenters. The summed E-state index contributed by atoms with van der Waals surface area (Å²) in [5, 5.41) is 2.96. The molecule has 1 aliphatic rings. The number of nitrogens with zero attached hydrogens (tertiary/aromatic N) is 5. The second-order valence-corrected chi connectivity index (χ2v) is 9.66. The van der Waals surface area contributed by atoms with E-state index in [2.05, 4.69) is 39.0 Å². The van der Waals surface area contributed by atoms with Crippen LogP contribution in [-0.4, -0.2) is 68.9 Å². The average molecular weight is 453 g/mol. The van der Waals surface area contributed by atoms with Crippen molar-refractivity contribution in [3.05, 3.63) is 40.6 Å². The van der Waals surface area contributed by atoms with Crippen molar-refractivity contribution in [2.75, 3.05) is 33.2 Å². The van der Waals surface area contributed by atoms with Gasteiger partial charge in [-0.1, -0.05) is 6.07 Å². The Kier molecular flexibility index (Phi) is 5.56. The minimum atomic E-state index is 0.198. The van der Waals surface area contributed by atoms with Gasteiger partial charge in [-0.05, 0) is 26.1 Å². The van der Waals surface area contributed by atoms with Crippen molar-refractivity contribution in [1.82, 2.24) is 29.7 Å². The summed E-state index contributed by atoms with van der Waals surface area (Å²) in [5.41, 5.74) is 6.68. The Hall–Kier alpha value is -2.62. The molecule has 1 aromatic carbocycles. The molecule has 1 aliphatic heterocycles. The number of benzene rings is 1. The molecule has 0 aliphatic carbocycles. The number of rotatable bonds is 5. The fourth-order valence-corrected chi connectivity index (χ4v) is 5.33. The van der Waals surface area contributed by atoms with Gasteiger partial charge in [0, 0.05) is 55.7 Å². The lowest BCUT2D eigenvalue weighted by molar-refractivity contribution is -0.132. The first-order chi connectivity index (χ1) is 15.1. The zero-order chi connectivity index (χ0) is 21.4. The summed E-state index contributed by atoms with van der Waals surface area (Å²) in [4.78, 5) is 34.3. The molecule has 5 rings (SSSR count). The van der Waals surface area contributed by atoms with Crippen LogP contribution in [-0.2, 0) is 11.2 Å². The van der Waals surface area contributed by atoms with E-state index < -0.39 is 0 Å². The van der Waals surface area contributed by atoms with Crippen molar-refractivity contribution >= 4 is 38.8 Å². The van der Waals surface area contributed by atoms with Crippen molar-refractivity contribution in [1.29, 1.82) is 0 Å². The quantitative estimate of drug-likeness (QED) is 0.498. The first-order valence-electron chi connectivity index (χ1n) is 10.4. The maximum Gasteiger partial charge on any atom is 0.223 e. The summed E-state index contributed by atoms with van der Waals surface area (Å²) in [6.07, 6.45) is 1.05. The molecule has 0 unspecified atom stereocenters. The molecule has 1 N–H and O–H groups in total. The summed E-state index contributed by atoms with van der Waals surface area (Å²) in [7, 11) is 2.09. The number of imidazole rings is 1. The molecular weight excluding hydrogens is 428 g/mol. The number of fused-ring (bicyclic) bond motifs is 1. The fourth-order valence-electron chi connectivity index (χ4n) is 3.81. The first-order valence-corrected chi connectivity index (χ1v) is 12.1. The number of carbonyl (C=O) groups is 1. The SMILES string of the molecule is Cc1csc(-c2[nH]c(CCC(=O)N3CCN(C)CC3)nc2-c2ccc3ncsc3c2)n1. The second-order valence-electron chi connectivity index (χ2n) is 7.92. The van der Waals surface area contributed by atoms with Crippen LogP contribution in [0.25, 0.3) is 32.2 Å². The van der Waals surface area contributed by atoms with Crippen molar-refractivity contribution in [3.8, 4) is 22.0 Å². The third kappa shape index (κ3) is 4.26. The Morgan fingerprint density at radius 1 is 1.16 bits per heavy atom. The number of likely N-dealkylation sites (N-methyl/N-ethyl adjacent to an activating group) is 1. The van der Waals surface area contributed by atoms with Crippen LogP contribution in [0.3, 0.4) is 0 Å². The van der Waals surface area contributed by atoms with E-state index in [9.17, 15) is 4.79 Å². The minimum Gasteiger partial charge on any atom is -0.340 e. The van der Waals surface area contributed by atoms with Gasteiger partial charge in [0.2, 0.25) is 5.91 Å². The Bertz CT molecular complexity index is 1220. The standard InChI is InChI=1S/C22H24N6OS2/c1-14-12-30-22(24-14)21-20(15-3-4-16-17(11-15)31-13-23-16)25-18(26-21)5-6-19(29)28-9-7-27(2)8-10-28/h3-4,11-13H,5-10H2,1-2H3,(H,25,26). The molecule has 9 heteroatoms. The van der Waals surface area contributed by atoms with E-state index in [1.165, 1.54) is 0 Å². The molecule has 0 radical (unpaired) electrons. The molecule has 160 valence electrons. The highest BCUT2D eigenvalue weighted by molar-refractivity contribution is 7.16. The average Bonchev–Trinajstić information content (AvgIpc) is 3.51. The Labute approximate surface area is 188 Å². The Morgan fingerprint density at radius 3 is 2.77 bits per heavy atom. The number of piperazine rings is 1. The summed E-state index contributed by atoms with van der Waals surface area (Å²) in [6.45, 7) is 5.47. The van der Waals surface area contributed by atoms with Crippen molar-refractivity contribution in [2.45, 2.75) is 19.8 Å². The van der Waals surface area contributed by atoms with Crippen LogP contribution >= 0.6 is 22.7 Å². The van der Waals surface area contributed by atoms with Gasteiger partial charge in [-0.2, -0.15) is 0 Å².